The number of rotatable bonds is 8. The summed E-state index contributed by atoms with van der Waals surface area (Å²) in [5, 5.41) is 0. The van der Waals surface area contributed by atoms with E-state index < -0.39 is 0 Å². The van der Waals surface area contributed by atoms with E-state index in [1.165, 1.54) is 18.5 Å². The lowest BCUT2D eigenvalue weighted by atomic mass is 9.92. The largest absolute Gasteiger partial charge is 0.333 e. The SMILES string of the molecule is CCC(CC)(Cn1cncc1C(CN)C(C)C)SC. The molecule has 0 aliphatic rings. The summed E-state index contributed by atoms with van der Waals surface area (Å²) < 4.78 is 2.63. The van der Waals surface area contributed by atoms with Crippen LogP contribution in [0, 0.1) is 5.92 Å². The normalized spacial score (nSPS) is 14.1. The van der Waals surface area contributed by atoms with E-state index in [0.717, 1.165) is 6.54 Å². The molecule has 0 fully saturated rings. The number of thioether (sulfide) groups is 1. The highest BCUT2D eigenvalue weighted by Crippen LogP contribution is 2.34. The van der Waals surface area contributed by atoms with Crippen molar-refractivity contribution in [1.29, 1.82) is 0 Å². The second kappa shape index (κ2) is 7.34. The fraction of sp³-hybridized carbons (Fsp3) is 0.800. The van der Waals surface area contributed by atoms with Crippen LogP contribution in [0.25, 0.3) is 0 Å². The highest BCUT2D eigenvalue weighted by atomic mass is 32.2. The van der Waals surface area contributed by atoms with Crippen LogP contribution < -0.4 is 5.73 Å². The number of hydrogen-bond acceptors (Lipinski definition) is 3. The van der Waals surface area contributed by atoms with Crippen LogP contribution in [0.4, 0.5) is 0 Å². The first-order chi connectivity index (χ1) is 9.03. The van der Waals surface area contributed by atoms with E-state index in [1.54, 1.807) is 0 Å². The Hall–Kier alpha value is -0.480. The van der Waals surface area contributed by atoms with E-state index >= 15 is 0 Å². The fourth-order valence-electron chi connectivity index (χ4n) is 2.64. The fourth-order valence-corrected chi connectivity index (χ4v) is 3.49. The van der Waals surface area contributed by atoms with E-state index in [0.29, 0.717) is 23.1 Å². The van der Waals surface area contributed by atoms with Crippen LogP contribution in [0.2, 0.25) is 0 Å². The first-order valence-corrected chi connectivity index (χ1v) is 8.51. The van der Waals surface area contributed by atoms with Crippen molar-refractivity contribution >= 4 is 11.8 Å². The van der Waals surface area contributed by atoms with Gasteiger partial charge < -0.3 is 10.3 Å². The zero-order chi connectivity index (χ0) is 14.5. The second-order valence-electron chi connectivity index (χ2n) is 5.63. The summed E-state index contributed by atoms with van der Waals surface area (Å²) in [6.07, 6.45) is 8.53. The van der Waals surface area contributed by atoms with Gasteiger partial charge in [0.2, 0.25) is 0 Å². The minimum Gasteiger partial charge on any atom is -0.333 e. The minimum atomic E-state index is 0.311. The van der Waals surface area contributed by atoms with Crippen LogP contribution in [0.15, 0.2) is 12.5 Å². The number of aromatic nitrogens is 2. The summed E-state index contributed by atoms with van der Waals surface area (Å²) >= 11 is 1.97. The van der Waals surface area contributed by atoms with Crippen molar-refractivity contribution < 1.29 is 0 Å². The standard InChI is InChI=1S/C15H29N3S/c1-6-15(7-2,19-5)10-18-11-17-9-14(18)13(8-16)12(3)4/h9,11-13H,6-8,10,16H2,1-5H3. The number of imidazole rings is 1. The van der Waals surface area contributed by atoms with Gasteiger partial charge in [-0.25, -0.2) is 4.98 Å². The number of hydrogen-bond donors (Lipinski definition) is 1. The van der Waals surface area contributed by atoms with Gasteiger partial charge in [0.25, 0.3) is 0 Å². The molecule has 1 aromatic rings. The van der Waals surface area contributed by atoms with Gasteiger partial charge >= 0.3 is 0 Å². The van der Waals surface area contributed by atoms with Crippen molar-refractivity contribution in [2.75, 3.05) is 12.8 Å². The minimum absolute atomic E-state index is 0.311. The molecule has 0 aliphatic carbocycles. The highest BCUT2D eigenvalue weighted by molar-refractivity contribution is 8.00. The van der Waals surface area contributed by atoms with E-state index in [9.17, 15) is 0 Å². The van der Waals surface area contributed by atoms with E-state index in [2.05, 4.69) is 43.5 Å². The molecular weight excluding hydrogens is 254 g/mol. The first kappa shape index (κ1) is 16.6. The van der Waals surface area contributed by atoms with Crippen molar-refractivity contribution in [1.82, 2.24) is 9.55 Å². The van der Waals surface area contributed by atoms with Crippen LogP contribution in [0.1, 0.15) is 52.1 Å². The summed E-state index contributed by atoms with van der Waals surface area (Å²) in [6.45, 7) is 10.7. The maximum absolute atomic E-state index is 5.95. The van der Waals surface area contributed by atoms with Gasteiger partial charge in [0.1, 0.15) is 0 Å². The Balaban J connectivity index is 3.00. The smallest absolute Gasteiger partial charge is 0.0948 e. The zero-order valence-electron chi connectivity index (χ0n) is 13.0. The van der Waals surface area contributed by atoms with Gasteiger partial charge in [-0.3, -0.25) is 0 Å². The van der Waals surface area contributed by atoms with Gasteiger partial charge in [-0.1, -0.05) is 27.7 Å². The van der Waals surface area contributed by atoms with Crippen LogP contribution in [0.3, 0.4) is 0 Å². The van der Waals surface area contributed by atoms with E-state index in [4.69, 9.17) is 5.73 Å². The van der Waals surface area contributed by atoms with Crippen molar-refractivity contribution in [3.63, 3.8) is 0 Å². The maximum atomic E-state index is 5.95. The average Bonchev–Trinajstić information content (AvgIpc) is 2.84. The van der Waals surface area contributed by atoms with Gasteiger partial charge in [-0.15, -0.1) is 0 Å². The molecule has 1 atom stereocenters. The van der Waals surface area contributed by atoms with Gasteiger partial charge in [-0.05, 0) is 25.0 Å². The molecule has 0 spiro atoms. The predicted molar refractivity (Wildman–Crippen MR) is 85.7 cm³/mol. The van der Waals surface area contributed by atoms with Crippen LogP contribution in [-0.4, -0.2) is 27.1 Å². The molecule has 0 saturated carbocycles. The Morgan fingerprint density at radius 3 is 2.42 bits per heavy atom. The predicted octanol–water partition coefficient (Wildman–Crippen LogP) is 3.50. The number of nitrogens with zero attached hydrogens (tertiary/aromatic N) is 2. The highest BCUT2D eigenvalue weighted by Gasteiger charge is 2.27. The Morgan fingerprint density at radius 2 is 2.00 bits per heavy atom. The summed E-state index contributed by atoms with van der Waals surface area (Å²) in [5.41, 5.74) is 7.24. The van der Waals surface area contributed by atoms with Crippen molar-refractivity contribution in [2.24, 2.45) is 11.7 Å². The lowest BCUT2D eigenvalue weighted by molar-refractivity contribution is 0.424. The van der Waals surface area contributed by atoms with Crippen LogP contribution in [0.5, 0.6) is 0 Å². The molecule has 1 heterocycles. The van der Waals surface area contributed by atoms with Crippen molar-refractivity contribution in [2.45, 2.75) is 57.7 Å². The molecule has 0 amide bonds. The quantitative estimate of drug-likeness (QED) is 0.794. The molecule has 0 bridgehead atoms. The summed E-state index contributed by atoms with van der Waals surface area (Å²) in [6, 6.07) is 0. The Labute approximate surface area is 122 Å². The van der Waals surface area contributed by atoms with E-state index in [-0.39, 0.29) is 0 Å². The first-order valence-electron chi connectivity index (χ1n) is 7.28. The third-order valence-electron chi connectivity index (χ3n) is 4.36. The molecule has 3 nitrogen and oxygen atoms in total. The van der Waals surface area contributed by atoms with Gasteiger partial charge in [0, 0.05) is 35.6 Å². The molecule has 110 valence electrons. The average molecular weight is 283 g/mol. The molecule has 4 heteroatoms. The molecular formula is C15H29N3S. The molecule has 1 unspecified atom stereocenters. The lowest BCUT2D eigenvalue weighted by Gasteiger charge is -2.32. The van der Waals surface area contributed by atoms with Gasteiger partial charge in [0.15, 0.2) is 0 Å². The van der Waals surface area contributed by atoms with Crippen LogP contribution in [-0.2, 0) is 6.54 Å². The monoisotopic (exact) mass is 283 g/mol. The van der Waals surface area contributed by atoms with Gasteiger partial charge in [-0.2, -0.15) is 11.8 Å². The van der Waals surface area contributed by atoms with Crippen LogP contribution >= 0.6 is 11.8 Å². The topological polar surface area (TPSA) is 43.8 Å². The number of nitrogens with two attached hydrogens (primary N) is 1. The third-order valence-corrected chi connectivity index (χ3v) is 5.94. The Morgan fingerprint density at radius 1 is 1.37 bits per heavy atom. The summed E-state index contributed by atoms with van der Waals surface area (Å²) in [7, 11) is 0. The van der Waals surface area contributed by atoms with Gasteiger partial charge in [0.05, 0.1) is 6.33 Å². The third kappa shape index (κ3) is 3.76. The lowest BCUT2D eigenvalue weighted by Crippen LogP contribution is -2.31. The molecule has 1 rings (SSSR count). The van der Waals surface area contributed by atoms with Crippen molar-refractivity contribution in [3.8, 4) is 0 Å². The molecule has 2 N–H and O–H groups in total. The molecule has 0 aliphatic heterocycles. The summed E-state index contributed by atoms with van der Waals surface area (Å²) in [4.78, 5) is 4.36. The van der Waals surface area contributed by atoms with Crippen molar-refractivity contribution in [3.05, 3.63) is 18.2 Å². The molecule has 1 aromatic heterocycles. The molecule has 0 aromatic carbocycles. The Bertz CT molecular complexity index is 361. The Kier molecular flexibility index (Phi) is 6.40. The zero-order valence-corrected chi connectivity index (χ0v) is 13.8. The maximum Gasteiger partial charge on any atom is 0.0948 e. The summed E-state index contributed by atoms with van der Waals surface area (Å²) in [5.74, 6) is 0.947. The van der Waals surface area contributed by atoms with E-state index in [1.807, 2.05) is 24.3 Å². The molecule has 19 heavy (non-hydrogen) atoms. The second-order valence-corrected chi connectivity index (χ2v) is 6.90. The molecule has 0 radical (unpaired) electrons. The molecule has 0 saturated heterocycles.